The molecule has 3 heteroatoms. The van der Waals surface area contributed by atoms with Crippen molar-refractivity contribution >= 4 is 15.9 Å². The van der Waals surface area contributed by atoms with Crippen molar-refractivity contribution in [1.82, 2.24) is 0 Å². The number of methoxy groups -OCH3 is 1. The van der Waals surface area contributed by atoms with Crippen molar-refractivity contribution in [2.24, 2.45) is 11.3 Å². The minimum atomic E-state index is -0.00807. The van der Waals surface area contributed by atoms with Gasteiger partial charge in [0, 0.05) is 24.5 Å². The topological polar surface area (TPSA) is 18.5 Å². The molecule has 17 heavy (non-hydrogen) atoms. The Kier molecular flexibility index (Phi) is 4.21. The molecular formula is C14H25BrO2. The zero-order valence-corrected chi connectivity index (χ0v) is 12.9. The highest BCUT2D eigenvalue weighted by molar-refractivity contribution is 9.09. The van der Waals surface area contributed by atoms with E-state index in [4.69, 9.17) is 9.47 Å². The molecule has 2 fully saturated rings. The van der Waals surface area contributed by atoms with Gasteiger partial charge in [0.25, 0.3) is 0 Å². The molecule has 1 aliphatic carbocycles. The van der Waals surface area contributed by atoms with E-state index < -0.39 is 0 Å². The maximum Gasteiger partial charge on any atom is 0.0668 e. The summed E-state index contributed by atoms with van der Waals surface area (Å²) in [7, 11) is 1.81. The van der Waals surface area contributed by atoms with Crippen LogP contribution in [0.5, 0.6) is 0 Å². The van der Waals surface area contributed by atoms with Gasteiger partial charge in [-0.3, -0.25) is 0 Å². The molecule has 0 N–H and O–H groups in total. The first-order chi connectivity index (χ1) is 8.03. The fraction of sp³-hybridized carbons (Fsp3) is 1.00. The van der Waals surface area contributed by atoms with Crippen LogP contribution in [-0.4, -0.2) is 30.8 Å². The quantitative estimate of drug-likeness (QED) is 0.695. The third-order valence-corrected chi connectivity index (χ3v) is 5.71. The summed E-state index contributed by atoms with van der Waals surface area (Å²) in [4.78, 5) is 0. The lowest BCUT2D eigenvalue weighted by molar-refractivity contribution is -0.0102. The second kappa shape index (κ2) is 5.18. The molecule has 2 nitrogen and oxygen atoms in total. The third-order valence-electron chi connectivity index (χ3n) is 4.59. The molecule has 2 aliphatic rings. The molecule has 0 amide bonds. The highest BCUT2D eigenvalue weighted by atomic mass is 79.9. The van der Waals surface area contributed by atoms with Crippen LogP contribution in [0.15, 0.2) is 0 Å². The molecule has 0 radical (unpaired) electrons. The standard InChI is InChI=1S/C14H25BrO2/c1-13(2,16-3)6-7-14(10-15)8-9-17-12(14)11-4-5-11/h11-12H,4-10H2,1-3H3. The molecule has 0 aromatic carbocycles. The molecule has 1 aliphatic heterocycles. The highest BCUT2D eigenvalue weighted by Gasteiger charge is 2.50. The molecule has 2 atom stereocenters. The summed E-state index contributed by atoms with van der Waals surface area (Å²) >= 11 is 3.74. The summed E-state index contributed by atoms with van der Waals surface area (Å²) in [5.74, 6) is 0.834. The predicted molar refractivity (Wildman–Crippen MR) is 73.6 cm³/mol. The number of alkyl halides is 1. The van der Waals surface area contributed by atoms with Crippen LogP contribution < -0.4 is 0 Å². The smallest absolute Gasteiger partial charge is 0.0668 e. The zero-order chi connectivity index (χ0) is 12.5. The summed E-state index contributed by atoms with van der Waals surface area (Å²) < 4.78 is 11.6. The summed E-state index contributed by atoms with van der Waals surface area (Å²) in [5.41, 5.74) is 0.350. The normalized spacial score (nSPS) is 34.2. The van der Waals surface area contributed by atoms with Gasteiger partial charge in [-0.05, 0) is 51.9 Å². The average molecular weight is 305 g/mol. The molecule has 0 bridgehead atoms. The number of halogens is 1. The molecule has 2 rings (SSSR count). The first kappa shape index (κ1) is 13.8. The van der Waals surface area contributed by atoms with Crippen LogP contribution in [0.3, 0.4) is 0 Å². The second-order valence-corrected chi connectivity index (χ2v) is 6.90. The minimum Gasteiger partial charge on any atom is -0.379 e. The van der Waals surface area contributed by atoms with Crippen LogP contribution in [0.25, 0.3) is 0 Å². The summed E-state index contributed by atoms with van der Waals surface area (Å²) in [6.07, 6.45) is 6.76. The van der Waals surface area contributed by atoms with Gasteiger partial charge in [-0.1, -0.05) is 15.9 Å². The summed E-state index contributed by atoms with van der Waals surface area (Å²) in [6, 6.07) is 0. The van der Waals surface area contributed by atoms with Gasteiger partial charge >= 0.3 is 0 Å². The van der Waals surface area contributed by atoms with E-state index in [0.29, 0.717) is 11.5 Å². The van der Waals surface area contributed by atoms with Gasteiger partial charge in [0.05, 0.1) is 11.7 Å². The fourth-order valence-corrected chi connectivity index (χ4v) is 3.75. The van der Waals surface area contributed by atoms with Crippen molar-refractivity contribution in [1.29, 1.82) is 0 Å². The molecule has 0 aromatic heterocycles. The van der Waals surface area contributed by atoms with Crippen LogP contribution in [0.2, 0.25) is 0 Å². The molecule has 1 saturated heterocycles. The van der Waals surface area contributed by atoms with Crippen molar-refractivity contribution in [3.63, 3.8) is 0 Å². The van der Waals surface area contributed by atoms with E-state index in [1.54, 1.807) is 0 Å². The van der Waals surface area contributed by atoms with Crippen LogP contribution in [-0.2, 0) is 9.47 Å². The number of hydrogen-bond donors (Lipinski definition) is 0. The van der Waals surface area contributed by atoms with Gasteiger partial charge in [0.2, 0.25) is 0 Å². The molecule has 0 spiro atoms. The van der Waals surface area contributed by atoms with Crippen molar-refractivity contribution in [3.8, 4) is 0 Å². The van der Waals surface area contributed by atoms with E-state index in [1.807, 2.05) is 7.11 Å². The van der Waals surface area contributed by atoms with E-state index in [-0.39, 0.29) is 5.60 Å². The first-order valence-corrected chi connectivity index (χ1v) is 7.88. The molecular weight excluding hydrogens is 280 g/mol. The molecule has 0 aromatic rings. The number of ether oxygens (including phenoxy) is 2. The van der Waals surface area contributed by atoms with E-state index in [9.17, 15) is 0 Å². The van der Waals surface area contributed by atoms with Gasteiger partial charge in [0.1, 0.15) is 0 Å². The van der Waals surface area contributed by atoms with Gasteiger partial charge in [-0.25, -0.2) is 0 Å². The molecule has 1 heterocycles. The SMILES string of the molecule is COC(C)(C)CCC1(CBr)CCOC1C1CC1. The number of rotatable bonds is 6. The maximum atomic E-state index is 6.01. The van der Waals surface area contributed by atoms with Gasteiger partial charge in [-0.2, -0.15) is 0 Å². The third kappa shape index (κ3) is 3.05. The van der Waals surface area contributed by atoms with Crippen molar-refractivity contribution < 1.29 is 9.47 Å². The van der Waals surface area contributed by atoms with Crippen LogP contribution in [0, 0.1) is 11.3 Å². The Balaban J connectivity index is 1.98. The average Bonchev–Trinajstić information content (AvgIpc) is 3.08. The molecule has 100 valence electrons. The van der Waals surface area contributed by atoms with Crippen LogP contribution in [0.1, 0.15) is 46.0 Å². The van der Waals surface area contributed by atoms with Gasteiger partial charge in [0.15, 0.2) is 0 Å². The summed E-state index contributed by atoms with van der Waals surface area (Å²) in [6.45, 7) is 5.30. The highest BCUT2D eigenvalue weighted by Crippen LogP contribution is 2.51. The van der Waals surface area contributed by atoms with E-state index in [2.05, 4.69) is 29.8 Å². The maximum absolute atomic E-state index is 6.01. The van der Waals surface area contributed by atoms with Crippen molar-refractivity contribution in [2.45, 2.75) is 57.7 Å². The van der Waals surface area contributed by atoms with Gasteiger partial charge < -0.3 is 9.47 Å². The zero-order valence-electron chi connectivity index (χ0n) is 11.3. The van der Waals surface area contributed by atoms with Crippen molar-refractivity contribution in [2.75, 3.05) is 19.0 Å². The lowest BCUT2D eigenvalue weighted by Gasteiger charge is -2.35. The van der Waals surface area contributed by atoms with E-state index in [1.165, 1.54) is 25.7 Å². The second-order valence-electron chi connectivity index (χ2n) is 6.34. The predicted octanol–water partition coefficient (Wildman–Crippen LogP) is 3.77. The Morgan fingerprint density at radius 1 is 1.41 bits per heavy atom. The lowest BCUT2D eigenvalue weighted by atomic mass is 9.75. The Labute approximate surface area is 114 Å². The Bertz CT molecular complexity index is 263. The first-order valence-electron chi connectivity index (χ1n) is 6.76. The van der Waals surface area contributed by atoms with Crippen molar-refractivity contribution in [3.05, 3.63) is 0 Å². The molecule has 2 unspecified atom stereocenters. The van der Waals surface area contributed by atoms with Gasteiger partial charge in [-0.15, -0.1) is 0 Å². The van der Waals surface area contributed by atoms with E-state index in [0.717, 1.165) is 24.3 Å². The monoisotopic (exact) mass is 304 g/mol. The van der Waals surface area contributed by atoms with E-state index >= 15 is 0 Å². The fourth-order valence-electron chi connectivity index (χ4n) is 2.87. The largest absolute Gasteiger partial charge is 0.379 e. The molecule has 1 saturated carbocycles. The summed E-state index contributed by atoms with van der Waals surface area (Å²) in [5, 5.41) is 1.07. The number of hydrogen-bond acceptors (Lipinski definition) is 2. The van der Waals surface area contributed by atoms with Crippen LogP contribution in [0.4, 0.5) is 0 Å². The Morgan fingerprint density at radius 2 is 2.12 bits per heavy atom. The Hall–Kier alpha value is 0.400. The lowest BCUT2D eigenvalue weighted by Crippen LogP contribution is -2.37. The Morgan fingerprint density at radius 3 is 2.65 bits per heavy atom. The van der Waals surface area contributed by atoms with Crippen LogP contribution >= 0.6 is 15.9 Å². The minimum absolute atomic E-state index is 0.00807.